The van der Waals surface area contributed by atoms with Gasteiger partial charge in [-0.25, -0.2) is 0 Å². The highest BCUT2D eigenvalue weighted by atomic mass is 16.3. The van der Waals surface area contributed by atoms with Crippen LogP contribution < -0.4 is 0 Å². The second-order valence-electron chi connectivity index (χ2n) is 4.78. The Morgan fingerprint density at radius 3 is 3.08 bits per heavy atom. The fourth-order valence-corrected chi connectivity index (χ4v) is 2.28. The van der Waals surface area contributed by atoms with E-state index < -0.39 is 0 Å². The Bertz CT molecular complexity index is 226. The Kier molecular flexibility index (Phi) is 2.20. The topological polar surface area (TPSA) is 23.5 Å². The van der Waals surface area contributed by atoms with E-state index in [2.05, 4.69) is 18.4 Å². The summed E-state index contributed by atoms with van der Waals surface area (Å²) in [6.45, 7) is 9.10. The molecule has 2 fully saturated rings. The Hall–Kier alpha value is -0.340. The van der Waals surface area contributed by atoms with Gasteiger partial charge in [0.25, 0.3) is 0 Å². The molecule has 1 heterocycles. The second-order valence-corrected chi connectivity index (χ2v) is 4.78. The van der Waals surface area contributed by atoms with Gasteiger partial charge >= 0.3 is 0 Å². The highest BCUT2D eigenvalue weighted by Crippen LogP contribution is 2.48. The lowest BCUT2D eigenvalue weighted by Crippen LogP contribution is -2.40. The van der Waals surface area contributed by atoms with Gasteiger partial charge in [0, 0.05) is 13.1 Å². The average Bonchev–Trinajstić information content (AvgIpc) is 2.71. The van der Waals surface area contributed by atoms with Crippen molar-refractivity contribution in [2.75, 3.05) is 19.6 Å². The van der Waals surface area contributed by atoms with Crippen LogP contribution in [0.2, 0.25) is 0 Å². The summed E-state index contributed by atoms with van der Waals surface area (Å²) in [4.78, 5) is 2.37. The first-order chi connectivity index (χ1) is 6.10. The van der Waals surface area contributed by atoms with Gasteiger partial charge in [0.1, 0.15) is 0 Å². The van der Waals surface area contributed by atoms with Crippen LogP contribution in [0.3, 0.4) is 0 Å². The number of nitrogens with zero attached hydrogens (tertiary/aromatic N) is 1. The van der Waals surface area contributed by atoms with Crippen LogP contribution in [-0.4, -0.2) is 35.2 Å². The van der Waals surface area contributed by atoms with Crippen molar-refractivity contribution < 1.29 is 5.11 Å². The highest BCUT2D eigenvalue weighted by Gasteiger charge is 2.55. The first-order valence-electron chi connectivity index (χ1n) is 5.19. The number of hydrogen-bond donors (Lipinski definition) is 1. The molecule has 2 rings (SSSR count). The van der Waals surface area contributed by atoms with Gasteiger partial charge in [0.05, 0.1) is 5.60 Å². The highest BCUT2D eigenvalue weighted by molar-refractivity contribution is 5.08. The van der Waals surface area contributed by atoms with E-state index in [1.807, 2.05) is 0 Å². The summed E-state index contributed by atoms with van der Waals surface area (Å²) < 4.78 is 0. The zero-order valence-corrected chi connectivity index (χ0v) is 8.42. The first kappa shape index (κ1) is 9.22. The van der Waals surface area contributed by atoms with E-state index in [1.54, 1.807) is 0 Å². The summed E-state index contributed by atoms with van der Waals surface area (Å²) in [5, 5.41) is 9.92. The van der Waals surface area contributed by atoms with Crippen molar-refractivity contribution in [2.45, 2.75) is 31.8 Å². The molecule has 74 valence electrons. The first-order valence-corrected chi connectivity index (χ1v) is 5.19. The molecule has 1 N–H and O–H groups in total. The van der Waals surface area contributed by atoms with Crippen LogP contribution in [0.5, 0.6) is 0 Å². The lowest BCUT2D eigenvalue weighted by atomic mass is 10.1. The quantitative estimate of drug-likeness (QED) is 0.665. The van der Waals surface area contributed by atoms with Crippen LogP contribution in [0.4, 0.5) is 0 Å². The third kappa shape index (κ3) is 1.94. The van der Waals surface area contributed by atoms with Crippen LogP contribution in [0.25, 0.3) is 0 Å². The van der Waals surface area contributed by atoms with E-state index in [9.17, 15) is 5.11 Å². The zero-order chi connectivity index (χ0) is 9.47. The number of piperidine rings is 1. The number of fused-ring (bicyclic) bond motifs is 1. The third-order valence-electron chi connectivity index (χ3n) is 3.35. The molecule has 1 saturated carbocycles. The van der Waals surface area contributed by atoms with Crippen molar-refractivity contribution in [2.24, 2.45) is 5.92 Å². The lowest BCUT2D eigenvalue weighted by Gasteiger charge is -2.29. The maximum absolute atomic E-state index is 9.92. The van der Waals surface area contributed by atoms with Gasteiger partial charge in [0.2, 0.25) is 0 Å². The smallest absolute Gasteiger partial charge is 0.0807 e. The van der Waals surface area contributed by atoms with Gasteiger partial charge < -0.3 is 10.0 Å². The maximum atomic E-state index is 9.92. The van der Waals surface area contributed by atoms with Crippen LogP contribution >= 0.6 is 0 Å². The van der Waals surface area contributed by atoms with Crippen molar-refractivity contribution >= 4 is 0 Å². The van der Waals surface area contributed by atoms with E-state index in [1.165, 1.54) is 18.5 Å². The Labute approximate surface area is 80.2 Å². The van der Waals surface area contributed by atoms with E-state index in [-0.39, 0.29) is 5.60 Å². The molecule has 0 unspecified atom stereocenters. The van der Waals surface area contributed by atoms with E-state index in [0.29, 0.717) is 5.92 Å². The molecule has 0 aromatic heterocycles. The fraction of sp³-hybridized carbons (Fsp3) is 0.818. The van der Waals surface area contributed by atoms with Crippen molar-refractivity contribution in [1.82, 2.24) is 4.90 Å². The molecule has 2 heteroatoms. The van der Waals surface area contributed by atoms with Crippen LogP contribution in [0.15, 0.2) is 12.2 Å². The largest absolute Gasteiger partial charge is 0.388 e. The van der Waals surface area contributed by atoms with E-state index in [0.717, 1.165) is 25.9 Å². The molecule has 1 saturated heterocycles. The average molecular weight is 181 g/mol. The molecule has 0 amide bonds. The maximum Gasteiger partial charge on any atom is 0.0807 e. The van der Waals surface area contributed by atoms with Gasteiger partial charge in [-0.1, -0.05) is 5.57 Å². The number of hydrogen-bond acceptors (Lipinski definition) is 2. The molecule has 13 heavy (non-hydrogen) atoms. The van der Waals surface area contributed by atoms with Gasteiger partial charge in [-0.05, 0) is 38.6 Å². The molecule has 2 atom stereocenters. The number of likely N-dealkylation sites (tertiary alicyclic amines) is 1. The molecule has 1 aliphatic heterocycles. The van der Waals surface area contributed by atoms with Crippen molar-refractivity contribution in [3.8, 4) is 0 Å². The Morgan fingerprint density at radius 2 is 2.46 bits per heavy atom. The van der Waals surface area contributed by atoms with Crippen LogP contribution in [0.1, 0.15) is 26.2 Å². The molecular formula is C11H19NO. The van der Waals surface area contributed by atoms with E-state index in [4.69, 9.17) is 0 Å². The molecule has 2 aliphatic rings. The fourth-order valence-electron chi connectivity index (χ4n) is 2.28. The van der Waals surface area contributed by atoms with Gasteiger partial charge in [0.15, 0.2) is 0 Å². The summed E-state index contributed by atoms with van der Waals surface area (Å²) >= 11 is 0. The number of aliphatic hydroxyl groups is 1. The normalized spacial score (nSPS) is 38.5. The molecule has 2 nitrogen and oxygen atoms in total. The molecule has 0 aromatic carbocycles. The summed E-state index contributed by atoms with van der Waals surface area (Å²) in [5.74, 6) is 0.619. The Balaban J connectivity index is 1.78. The summed E-state index contributed by atoms with van der Waals surface area (Å²) in [5.41, 5.74) is 0.942. The molecule has 0 aromatic rings. The van der Waals surface area contributed by atoms with E-state index >= 15 is 0 Å². The van der Waals surface area contributed by atoms with Gasteiger partial charge in [-0.2, -0.15) is 0 Å². The van der Waals surface area contributed by atoms with Crippen molar-refractivity contribution in [3.63, 3.8) is 0 Å². The summed E-state index contributed by atoms with van der Waals surface area (Å²) in [6, 6.07) is 0. The predicted molar refractivity (Wildman–Crippen MR) is 53.5 cm³/mol. The predicted octanol–water partition coefficient (Wildman–Crippen LogP) is 1.41. The molecule has 1 aliphatic carbocycles. The minimum Gasteiger partial charge on any atom is -0.388 e. The zero-order valence-electron chi connectivity index (χ0n) is 8.42. The van der Waals surface area contributed by atoms with Gasteiger partial charge in [-0.3, -0.25) is 0 Å². The number of rotatable bonds is 3. The minimum absolute atomic E-state index is 0.298. The minimum atomic E-state index is -0.298. The standard InChI is InChI=1S/C11H19NO/c1-9(2)3-5-12-6-4-10-7-11(10,13)8-12/h10,13H,1,3-8H2,2H3/t10-,11+/m1/s1. The van der Waals surface area contributed by atoms with Crippen LogP contribution in [0, 0.1) is 5.92 Å². The third-order valence-corrected chi connectivity index (χ3v) is 3.35. The molecule has 0 spiro atoms. The van der Waals surface area contributed by atoms with Gasteiger partial charge in [-0.15, -0.1) is 6.58 Å². The lowest BCUT2D eigenvalue weighted by molar-refractivity contribution is 0.0509. The summed E-state index contributed by atoms with van der Waals surface area (Å²) in [7, 11) is 0. The summed E-state index contributed by atoms with van der Waals surface area (Å²) in [6.07, 6.45) is 3.30. The van der Waals surface area contributed by atoms with Crippen molar-refractivity contribution in [1.29, 1.82) is 0 Å². The molecule has 0 bridgehead atoms. The Morgan fingerprint density at radius 1 is 1.69 bits per heavy atom. The van der Waals surface area contributed by atoms with Crippen molar-refractivity contribution in [3.05, 3.63) is 12.2 Å². The monoisotopic (exact) mass is 181 g/mol. The SMILES string of the molecule is C=C(C)CCN1CC[C@@H]2C[C@]2(O)C1. The molecular weight excluding hydrogens is 162 g/mol. The van der Waals surface area contributed by atoms with Crippen LogP contribution in [-0.2, 0) is 0 Å². The second kappa shape index (κ2) is 3.10. The number of β-amino-alcohol motifs (C(OH)–C–C–N with tert-alkyl or cyclic N) is 1. The molecule has 0 radical (unpaired) electrons.